The largest absolute Gasteiger partial charge is 0.378 e. The molecule has 0 aromatic heterocycles. The van der Waals surface area contributed by atoms with Crippen LogP contribution in [-0.2, 0) is 9.53 Å². The molecule has 2 aliphatic heterocycles. The van der Waals surface area contributed by atoms with Gasteiger partial charge in [-0.2, -0.15) is 0 Å². The maximum atomic E-state index is 12.6. The van der Waals surface area contributed by atoms with E-state index in [2.05, 4.69) is 12.2 Å². The summed E-state index contributed by atoms with van der Waals surface area (Å²) in [6.45, 7) is 4.17. The van der Waals surface area contributed by atoms with Gasteiger partial charge in [-0.25, -0.2) is 0 Å². The van der Waals surface area contributed by atoms with E-state index in [4.69, 9.17) is 4.74 Å². The van der Waals surface area contributed by atoms with Crippen molar-refractivity contribution >= 4 is 11.8 Å². The van der Waals surface area contributed by atoms with Crippen molar-refractivity contribution in [2.24, 2.45) is 5.92 Å². The highest BCUT2D eigenvalue weighted by Gasteiger charge is 2.34. The lowest BCUT2D eigenvalue weighted by Gasteiger charge is -2.29. The number of nitrogens with one attached hydrogen (secondary N) is 1. The Bertz CT molecular complexity index is 575. The first-order valence-electron chi connectivity index (χ1n) is 8.90. The monoisotopic (exact) mass is 330 g/mol. The summed E-state index contributed by atoms with van der Waals surface area (Å²) in [4.78, 5) is 26.9. The molecule has 2 heterocycles. The third-order valence-electron chi connectivity index (χ3n) is 5.00. The molecule has 3 rings (SSSR count). The molecule has 0 aliphatic carbocycles. The van der Waals surface area contributed by atoms with E-state index in [1.54, 1.807) is 17.0 Å². The summed E-state index contributed by atoms with van der Waals surface area (Å²) in [5.41, 5.74) is 0.649. The zero-order valence-corrected chi connectivity index (χ0v) is 14.2. The SMILES string of the molecule is CC1CC(CNC(=O)C2CCCN2C(=O)c2ccccc2)CCO1. The van der Waals surface area contributed by atoms with E-state index in [9.17, 15) is 9.59 Å². The third-order valence-corrected chi connectivity index (χ3v) is 5.00. The van der Waals surface area contributed by atoms with Crippen LogP contribution in [0.4, 0.5) is 0 Å². The van der Waals surface area contributed by atoms with Gasteiger partial charge in [-0.1, -0.05) is 18.2 Å². The van der Waals surface area contributed by atoms with Crippen LogP contribution in [-0.4, -0.2) is 48.6 Å². The van der Waals surface area contributed by atoms with E-state index in [0.29, 0.717) is 24.6 Å². The average Bonchev–Trinajstić information content (AvgIpc) is 3.09. The molecular weight excluding hydrogens is 304 g/mol. The van der Waals surface area contributed by atoms with Crippen LogP contribution >= 0.6 is 0 Å². The second kappa shape index (κ2) is 7.79. The first-order chi connectivity index (χ1) is 11.6. The molecule has 24 heavy (non-hydrogen) atoms. The van der Waals surface area contributed by atoms with Crippen LogP contribution in [0.2, 0.25) is 0 Å². The predicted octanol–water partition coefficient (Wildman–Crippen LogP) is 2.22. The van der Waals surface area contributed by atoms with Gasteiger partial charge in [-0.15, -0.1) is 0 Å². The van der Waals surface area contributed by atoms with E-state index in [-0.39, 0.29) is 24.0 Å². The van der Waals surface area contributed by atoms with Gasteiger partial charge >= 0.3 is 0 Å². The Morgan fingerprint density at radius 2 is 2.04 bits per heavy atom. The van der Waals surface area contributed by atoms with E-state index >= 15 is 0 Å². The van der Waals surface area contributed by atoms with Gasteiger partial charge in [0.05, 0.1) is 6.10 Å². The molecule has 2 fully saturated rings. The Kier molecular flexibility index (Phi) is 5.51. The van der Waals surface area contributed by atoms with Crippen molar-refractivity contribution in [3.05, 3.63) is 35.9 Å². The maximum Gasteiger partial charge on any atom is 0.254 e. The fraction of sp³-hybridized carbons (Fsp3) is 0.579. The van der Waals surface area contributed by atoms with E-state index in [1.807, 2.05) is 18.2 Å². The summed E-state index contributed by atoms with van der Waals surface area (Å²) in [5.74, 6) is 0.404. The highest BCUT2D eigenvalue weighted by molar-refractivity contribution is 5.97. The Morgan fingerprint density at radius 1 is 1.25 bits per heavy atom. The molecule has 0 spiro atoms. The molecule has 0 radical (unpaired) electrons. The Labute approximate surface area is 143 Å². The summed E-state index contributed by atoms with van der Waals surface area (Å²) in [7, 11) is 0. The summed E-state index contributed by atoms with van der Waals surface area (Å²) in [6.07, 6.45) is 3.86. The molecule has 3 unspecified atom stereocenters. The summed E-state index contributed by atoms with van der Waals surface area (Å²) in [5, 5.41) is 3.06. The van der Waals surface area contributed by atoms with Crippen molar-refractivity contribution in [1.82, 2.24) is 10.2 Å². The fourth-order valence-corrected chi connectivity index (χ4v) is 3.67. The van der Waals surface area contributed by atoms with Gasteiger partial charge in [0.2, 0.25) is 5.91 Å². The number of nitrogens with zero attached hydrogens (tertiary/aromatic N) is 1. The fourth-order valence-electron chi connectivity index (χ4n) is 3.67. The van der Waals surface area contributed by atoms with E-state index < -0.39 is 0 Å². The van der Waals surface area contributed by atoms with Crippen molar-refractivity contribution < 1.29 is 14.3 Å². The summed E-state index contributed by atoms with van der Waals surface area (Å²) in [6, 6.07) is 8.86. The number of hydrogen-bond acceptors (Lipinski definition) is 3. The summed E-state index contributed by atoms with van der Waals surface area (Å²) >= 11 is 0. The second-order valence-electron chi connectivity index (χ2n) is 6.84. The topological polar surface area (TPSA) is 58.6 Å². The zero-order chi connectivity index (χ0) is 16.9. The molecule has 1 aromatic rings. The minimum atomic E-state index is -0.338. The third kappa shape index (κ3) is 3.96. The number of rotatable bonds is 4. The highest BCUT2D eigenvalue weighted by atomic mass is 16.5. The number of likely N-dealkylation sites (tertiary alicyclic amines) is 1. The van der Waals surface area contributed by atoms with Crippen LogP contribution in [0.5, 0.6) is 0 Å². The molecule has 5 heteroatoms. The standard InChI is InChI=1S/C19H26N2O3/c1-14-12-15(9-11-24-14)13-20-18(22)17-8-5-10-21(17)19(23)16-6-3-2-4-7-16/h2-4,6-7,14-15,17H,5,8-13H2,1H3,(H,20,22). The molecule has 2 amide bonds. The highest BCUT2D eigenvalue weighted by Crippen LogP contribution is 2.22. The van der Waals surface area contributed by atoms with Crippen molar-refractivity contribution in [2.45, 2.75) is 44.8 Å². The second-order valence-corrected chi connectivity index (χ2v) is 6.84. The predicted molar refractivity (Wildman–Crippen MR) is 91.6 cm³/mol. The molecule has 130 valence electrons. The maximum absolute atomic E-state index is 12.6. The Morgan fingerprint density at radius 3 is 2.79 bits per heavy atom. The number of benzene rings is 1. The molecule has 2 saturated heterocycles. The number of carbonyl (C=O) groups excluding carboxylic acids is 2. The number of carbonyl (C=O) groups is 2. The Balaban J connectivity index is 1.56. The first-order valence-corrected chi connectivity index (χ1v) is 8.90. The lowest BCUT2D eigenvalue weighted by molar-refractivity contribution is -0.125. The number of amides is 2. The number of ether oxygens (including phenoxy) is 1. The molecular formula is C19H26N2O3. The Hall–Kier alpha value is -1.88. The van der Waals surface area contributed by atoms with Gasteiger partial charge < -0.3 is 15.0 Å². The smallest absolute Gasteiger partial charge is 0.254 e. The van der Waals surface area contributed by atoms with Crippen molar-refractivity contribution in [3.63, 3.8) is 0 Å². The quantitative estimate of drug-likeness (QED) is 0.921. The molecule has 0 saturated carbocycles. The summed E-state index contributed by atoms with van der Waals surface area (Å²) < 4.78 is 5.55. The first kappa shape index (κ1) is 17.0. The molecule has 3 atom stereocenters. The molecule has 2 aliphatic rings. The minimum Gasteiger partial charge on any atom is -0.378 e. The van der Waals surface area contributed by atoms with Gasteiger partial charge in [0.1, 0.15) is 6.04 Å². The van der Waals surface area contributed by atoms with E-state index in [0.717, 1.165) is 32.3 Å². The van der Waals surface area contributed by atoms with Gasteiger partial charge in [0, 0.05) is 25.3 Å². The molecule has 1 aromatic carbocycles. The van der Waals surface area contributed by atoms with Gasteiger partial charge in [-0.05, 0) is 50.7 Å². The van der Waals surface area contributed by atoms with Crippen molar-refractivity contribution in [1.29, 1.82) is 0 Å². The van der Waals surface area contributed by atoms with Crippen LogP contribution in [0.15, 0.2) is 30.3 Å². The van der Waals surface area contributed by atoms with Crippen LogP contribution in [0.1, 0.15) is 43.0 Å². The number of hydrogen-bond donors (Lipinski definition) is 1. The van der Waals surface area contributed by atoms with Crippen molar-refractivity contribution in [3.8, 4) is 0 Å². The molecule has 1 N–H and O–H groups in total. The molecule has 0 bridgehead atoms. The minimum absolute atomic E-state index is 0.0177. The van der Waals surface area contributed by atoms with Crippen LogP contribution in [0, 0.1) is 5.92 Å². The van der Waals surface area contributed by atoms with Gasteiger partial charge in [0.25, 0.3) is 5.91 Å². The average molecular weight is 330 g/mol. The van der Waals surface area contributed by atoms with Crippen LogP contribution in [0.25, 0.3) is 0 Å². The van der Waals surface area contributed by atoms with Crippen molar-refractivity contribution in [2.75, 3.05) is 19.7 Å². The van der Waals surface area contributed by atoms with Gasteiger partial charge in [-0.3, -0.25) is 9.59 Å². The molecule has 5 nitrogen and oxygen atoms in total. The van der Waals surface area contributed by atoms with Gasteiger partial charge in [0.15, 0.2) is 0 Å². The normalized spacial score (nSPS) is 27.0. The van der Waals surface area contributed by atoms with E-state index in [1.165, 1.54) is 0 Å². The van der Waals surface area contributed by atoms with Crippen LogP contribution in [0.3, 0.4) is 0 Å². The lowest BCUT2D eigenvalue weighted by Crippen LogP contribution is -2.47. The van der Waals surface area contributed by atoms with Crippen LogP contribution < -0.4 is 5.32 Å². The lowest BCUT2D eigenvalue weighted by atomic mass is 9.96. The zero-order valence-electron chi connectivity index (χ0n) is 14.2.